The first kappa shape index (κ1) is 16.4. The fraction of sp³-hybridized carbons (Fsp3) is 0.600. The summed E-state index contributed by atoms with van der Waals surface area (Å²) < 4.78 is 4.90. The number of hydrogen-bond donors (Lipinski definition) is 0. The summed E-state index contributed by atoms with van der Waals surface area (Å²) in [6, 6.07) is 0. The van der Waals surface area contributed by atoms with E-state index >= 15 is 0 Å². The maximum atomic E-state index is 11.6. The van der Waals surface area contributed by atoms with Gasteiger partial charge in [0, 0.05) is 6.42 Å². The van der Waals surface area contributed by atoms with Gasteiger partial charge in [0.05, 0.1) is 6.61 Å². The van der Waals surface area contributed by atoms with Crippen LogP contribution in [0.4, 0.5) is 0 Å². The summed E-state index contributed by atoms with van der Waals surface area (Å²) in [6.07, 6.45) is 4.12. The predicted molar refractivity (Wildman–Crippen MR) is 71.9 cm³/mol. The van der Waals surface area contributed by atoms with Crippen LogP contribution in [0.5, 0.6) is 0 Å². The standard InChI is InChI=1S/C15H22O3/c1-5-7-8-9-10-12(3)11-14(13(4)16)15(17)18-6-2/h10,14H,6,8-9,11H2,1-4H3. The molecule has 18 heavy (non-hydrogen) atoms. The van der Waals surface area contributed by atoms with Crippen molar-refractivity contribution in [1.82, 2.24) is 0 Å². The lowest BCUT2D eigenvalue weighted by atomic mass is 9.96. The fourth-order valence-electron chi connectivity index (χ4n) is 1.56. The van der Waals surface area contributed by atoms with E-state index in [1.165, 1.54) is 6.92 Å². The summed E-state index contributed by atoms with van der Waals surface area (Å²) in [5, 5.41) is 0. The van der Waals surface area contributed by atoms with Crippen molar-refractivity contribution >= 4 is 11.8 Å². The Morgan fingerprint density at radius 3 is 2.50 bits per heavy atom. The number of unbranched alkanes of at least 4 members (excludes halogenated alkanes) is 1. The number of carbonyl (C=O) groups is 2. The Morgan fingerprint density at radius 1 is 1.33 bits per heavy atom. The predicted octanol–water partition coefficient (Wildman–Crippen LogP) is 2.89. The molecular formula is C15H22O3. The van der Waals surface area contributed by atoms with Crippen LogP contribution in [0, 0.1) is 17.8 Å². The second-order valence-corrected chi connectivity index (χ2v) is 4.14. The van der Waals surface area contributed by atoms with Gasteiger partial charge in [0.25, 0.3) is 0 Å². The molecule has 3 heteroatoms. The molecule has 0 aromatic carbocycles. The van der Waals surface area contributed by atoms with Gasteiger partial charge in [-0.3, -0.25) is 9.59 Å². The molecule has 1 unspecified atom stereocenters. The quantitative estimate of drug-likeness (QED) is 0.229. The van der Waals surface area contributed by atoms with E-state index in [4.69, 9.17) is 4.74 Å². The van der Waals surface area contributed by atoms with Crippen molar-refractivity contribution < 1.29 is 14.3 Å². The van der Waals surface area contributed by atoms with Crippen molar-refractivity contribution in [3.8, 4) is 11.8 Å². The average molecular weight is 250 g/mol. The molecule has 0 aliphatic rings. The molecule has 0 spiro atoms. The lowest BCUT2D eigenvalue weighted by Gasteiger charge is -2.12. The maximum Gasteiger partial charge on any atom is 0.316 e. The number of hydrogen-bond acceptors (Lipinski definition) is 3. The third kappa shape index (κ3) is 6.90. The Balaban J connectivity index is 4.43. The monoisotopic (exact) mass is 250 g/mol. The zero-order chi connectivity index (χ0) is 14.0. The highest BCUT2D eigenvalue weighted by Crippen LogP contribution is 2.15. The normalized spacial score (nSPS) is 12.3. The topological polar surface area (TPSA) is 43.4 Å². The number of Topliss-reactive ketones (excluding diaryl/α,β-unsaturated/α-hetero) is 1. The van der Waals surface area contributed by atoms with Crippen LogP contribution >= 0.6 is 0 Å². The summed E-state index contributed by atoms with van der Waals surface area (Å²) in [7, 11) is 0. The van der Waals surface area contributed by atoms with Crippen molar-refractivity contribution in [3.05, 3.63) is 11.6 Å². The summed E-state index contributed by atoms with van der Waals surface area (Å²) in [6.45, 7) is 7.20. The van der Waals surface area contributed by atoms with Gasteiger partial charge in [-0.05, 0) is 40.5 Å². The molecule has 0 aromatic heterocycles. The van der Waals surface area contributed by atoms with Crippen LogP contribution in [0.2, 0.25) is 0 Å². The van der Waals surface area contributed by atoms with Gasteiger partial charge in [-0.1, -0.05) is 11.6 Å². The molecule has 0 aromatic rings. The van der Waals surface area contributed by atoms with Crippen LogP contribution in [0.15, 0.2) is 11.6 Å². The number of allylic oxidation sites excluding steroid dienone is 2. The minimum Gasteiger partial charge on any atom is -0.465 e. The van der Waals surface area contributed by atoms with E-state index in [9.17, 15) is 9.59 Å². The Labute approximate surface area is 110 Å². The van der Waals surface area contributed by atoms with Gasteiger partial charge in [0.2, 0.25) is 0 Å². The van der Waals surface area contributed by atoms with Crippen molar-refractivity contribution in [1.29, 1.82) is 0 Å². The highest BCUT2D eigenvalue weighted by atomic mass is 16.5. The highest BCUT2D eigenvalue weighted by molar-refractivity contribution is 5.97. The molecule has 0 aliphatic carbocycles. The molecule has 0 radical (unpaired) electrons. The largest absolute Gasteiger partial charge is 0.465 e. The number of ketones is 1. The van der Waals surface area contributed by atoms with E-state index in [2.05, 4.69) is 11.8 Å². The summed E-state index contributed by atoms with van der Waals surface area (Å²) >= 11 is 0. The number of ether oxygens (including phenoxy) is 1. The fourth-order valence-corrected chi connectivity index (χ4v) is 1.56. The zero-order valence-corrected chi connectivity index (χ0v) is 11.7. The Kier molecular flexibility index (Phi) is 8.65. The molecular weight excluding hydrogens is 228 g/mol. The van der Waals surface area contributed by atoms with Crippen molar-refractivity contribution in [2.45, 2.75) is 47.0 Å². The highest BCUT2D eigenvalue weighted by Gasteiger charge is 2.24. The SMILES string of the molecule is CC#CCCC=C(C)CC(C(C)=O)C(=O)OCC. The molecule has 0 fully saturated rings. The van der Waals surface area contributed by atoms with Gasteiger partial charge in [0.15, 0.2) is 0 Å². The molecule has 100 valence electrons. The third-order valence-corrected chi connectivity index (χ3v) is 2.53. The molecule has 0 rings (SSSR count). The maximum absolute atomic E-state index is 11.6. The molecule has 3 nitrogen and oxygen atoms in total. The first-order valence-electron chi connectivity index (χ1n) is 6.25. The van der Waals surface area contributed by atoms with E-state index in [0.717, 1.165) is 18.4 Å². The minimum atomic E-state index is -0.668. The summed E-state index contributed by atoms with van der Waals surface area (Å²) in [5.41, 5.74) is 1.03. The van der Waals surface area contributed by atoms with Crippen LogP contribution in [0.25, 0.3) is 0 Å². The van der Waals surface area contributed by atoms with Crippen LogP contribution < -0.4 is 0 Å². The molecule has 1 atom stereocenters. The summed E-state index contributed by atoms with van der Waals surface area (Å²) in [4.78, 5) is 23.0. The number of carbonyl (C=O) groups excluding carboxylic acids is 2. The van der Waals surface area contributed by atoms with Gasteiger partial charge < -0.3 is 4.74 Å². The number of esters is 1. The molecule has 0 saturated heterocycles. The first-order chi connectivity index (χ1) is 8.52. The minimum absolute atomic E-state index is 0.144. The van der Waals surface area contributed by atoms with E-state index in [1.54, 1.807) is 6.92 Å². The Hall–Kier alpha value is -1.56. The van der Waals surface area contributed by atoms with Crippen LogP contribution in [-0.2, 0) is 14.3 Å². The molecule has 0 aliphatic heterocycles. The van der Waals surface area contributed by atoms with E-state index in [-0.39, 0.29) is 5.78 Å². The lowest BCUT2D eigenvalue weighted by molar-refractivity contribution is -0.151. The second kappa shape index (κ2) is 9.47. The van der Waals surface area contributed by atoms with Gasteiger partial charge in [-0.25, -0.2) is 0 Å². The van der Waals surface area contributed by atoms with Crippen LogP contribution in [0.1, 0.15) is 47.0 Å². The number of rotatable bonds is 7. The van der Waals surface area contributed by atoms with Gasteiger partial charge >= 0.3 is 5.97 Å². The zero-order valence-electron chi connectivity index (χ0n) is 11.7. The van der Waals surface area contributed by atoms with E-state index in [1.807, 2.05) is 19.9 Å². The molecule has 0 bridgehead atoms. The van der Waals surface area contributed by atoms with Crippen LogP contribution in [-0.4, -0.2) is 18.4 Å². The first-order valence-corrected chi connectivity index (χ1v) is 6.25. The Morgan fingerprint density at radius 2 is 2.00 bits per heavy atom. The lowest BCUT2D eigenvalue weighted by Crippen LogP contribution is -2.24. The molecule has 0 amide bonds. The second-order valence-electron chi connectivity index (χ2n) is 4.14. The van der Waals surface area contributed by atoms with E-state index < -0.39 is 11.9 Å². The third-order valence-electron chi connectivity index (χ3n) is 2.53. The average Bonchev–Trinajstić information content (AvgIpc) is 2.31. The van der Waals surface area contributed by atoms with Crippen molar-refractivity contribution in [3.63, 3.8) is 0 Å². The summed E-state index contributed by atoms with van der Waals surface area (Å²) in [5.74, 6) is 4.56. The Bertz CT molecular complexity index is 369. The van der Waals surface area contributed by atoms with Crippen molar-refractivity contribution in [2.24, 2.45) is 5.92 Å². The van der Waals surface area contributed by atoms with Crippen molar-refractivity contribution in [2.75, 3.05) is 6.61 Å². The smallest absolute Gasteiger partial charge is 0.316 e. The van der Waals surface area contributed by atoms with Crippen LogP contribution in [0.3, 0.4) is 0 Å². The van der Waals surface area contributed by atoms with Gasteiger partial charge in [-0.2, -0.15) is 0 Å². The van der Waals surface area contributed by atoms with Gasteiger partial charge in [0.1, 0.15) is 11.7 Å². The van der Waals surface area contributed by atoms with Gasteiger partial charge in [-0.15, -0.1) is 11.8 Å². The molecule has 0 N–H and O–H groups in total. The molecule has 0 heterocycles. The molecule has 0 saturated carbocycles. The van der Waals surface area contributed by atoms with E-state index in [0.29, 0.717) is 13.0 Å².